The van der Waals surface area contributed by atoms with E-state index in [-0.39, 0.29) is 5.84 Å². The summed E-state index contributed by atoms with van der Waals surface area (Å²) in [5.74, 6) is 1.13. The van der Waals surface area contributed by atoms with E-state index in [1.54, 1.807) is 37.7 Å². The lowest BCUT2D eigenvalue weighted by atomic mass is 10.2. The third-order valence-electron chi connectivity index (χ3n) is 2.86. The molecule has 6 nitrogen and oxygen atoms in total. The second kappa shape index (κ2) is 6.60. The number of ether oxygens (including phenoxy) is 2. The SMILES string of the molecule is COc1cc(OCc2cncc(C)c2)cc(/C(N)=N/O)c1. The third kappa shape index (κ3) is 3.85. The van der Waals surface area contributed by atoms with Gasteiger partial charge in [-0.25, -0.2) is 0 Å². The molecule has 2 rings (SSSR count). The Hall–Kier alpha value is -2.76. The first-order valence-electron chi connectivity index (χ1n) is 6.32. The maximum atomic E-state index is 8.75. The second-order valence-electron chi connectivity index (χ2n) is 4.54. The van der Waals surface area contributed by atoms with Crippen LogP contribution in [0.5, 0.6) is 11.5 Å². The number of nitrogens with two attached hydrogens (primary N) is 1. The molecule has 1 aromatic heterocycles. The topological polar surface area (TPSA) is 90.0 Å². The number of aromatic nitrogens is 1. The van der Waals surface area contributed by atoms with Crippen LogP contribution in [0, 0.1) is 6.92 Å². The van der Waals surface area contributed by atoms with E-state index in [1.165, 1.54) is 0 Å². The van der Waals surface area contributed by atoms with Gasteiger partial charge in [0.15, 0.2) is 5.84 Å². The minimum Gasteiger partial charge on any atom is -0.497 e. The molecule has 21 heavy (non-hydrogen) atoms. The number of benzene rings is 1. The lowest BCUT2D eigenvalue weighted by Crippen LogP contribution is -2.13. The van der Waals surface area contributed by atoms with Gasteiger partial charge >= 0.3 is 0 Å². The van der Waals surface area contributed by atoms with Gasteiger partial charge in [0.05, 0.1) is 7.11 Å². The maximum absolute atomic E-state index is 8.75. The number of hydrogen-bond donors (Lipinski definition) is 2. The average molecular weight is 287 g/mol. The van der Waals surface area contributed by atoms with E-state index in [4.69, 9.17) is 20.4 Å². The zero-order chi connectivity index (χ0) is 15.2. The van der Waals surface area contributed by atoms with Gasteiger partial charge in [-0.2, -0.15) is 0 Å². The van der Waals surface area contributed by atoms with Crippen molar-refractivity contribution in [1.82, 2.24) is 4.98 Å². The largest absolute Gasteiger partial charge is 0.497 e. The molecule has 0 aliphatic heterocycles. The van der Waals surface area contributed by atoms with Crippen LogP contribution in [0.2, 0.25) is 0 Å². The lowest BCUT2D eigenvalue weighted by molar-refractivity contribution is 0.303. The van der Waals surface area contributed by atoms with E-state index < -0.39 is 0 Å². The Bertz CT molecular complexity index is 656. The second-order valence-corrected chi connectivity index (χ2v) is 4.54. The first-order valence-corrected chi connectivity index (χ1v) is 6.32. The molecule has 110 valence electrons. The van der Waals surface area contributed by atoms with E-state index in [1.807, 2.05) is 13.0 Å². The summed E-state index contributed by atoms with van der Waals surface area (Å²) >= 11 is 0. The van der Waals surface area contributed by atoms with Crippen molar-refractivity contribution in [3.8, 4) is 11.5 Å². The molecular formula is C15H17N3O3. The van der Waals surface area contributed by atoms with E-state index in [9.17, 15) is 0 Å². The monoisotopic (exact) mass is 287 g/mol. The van der Waals surface area contributed by atoms with Crippen molar-refractivity contribution in [3.05, 3.63) is 53.3 Å². The molecule has 0 fully saturated rings. The molecule has 0 bridgehead atoms. The van der Waals surface area contributed by atoms with Crippen molar-refractivity contribution < 1.29 is 14.7 Å². The maximum Gasteiger partial charge on any atom is 0.170 e. The van der Waals surface area contributed by atoms with E-state index in [0.717, 1.165) is 11.1 Å². The van der Waals surface area contributed by atoms with Crippen molar-refractivity contribution in [1.29, 1.82) is 0 Å². The molecule has 6 heteroatoms. The summed E-state index contributed by atoms with van der Waals surface area (Å²) in [5.41, 5.74) is 8.15. The summed E-state index contributed by atoms with van der Waals surface area (Å²) in [4.78, 5) is 4.11. The summed E-state index contributed by atoms with van der Waals surface area (Å²) in [6.45, 7) is 2.34. The van der Waals surface area contributed by atoms with Crippen LogP contribution in [0.1, 0.15) is 16.7 Å². The van der Waals surface area contributed by atoms with E-state index in [2.05, 4.69) is 10.1 Å². The predicted molar refractivity (Wildman–Crippen MR) is 78.8 cm³/mol. The van der Waals surface area contributed by atoms with Crippen molar-refractivity contribution in [2.24, 2.45) is 10.9 Å². The Morgan fingerprint density at radius 1 is 1.24 bits per heavy atom. The Labute approximate surface area is 122 Å². The van der Waals surface area contributed by atoms with Crippen LogP contribution in [0.25, 0.3) is 0 Å². The van der Waals surface area contributed by atoms with Gasteiger partial charge in [0.1, 0.15) is 18.1 Å². The number of methoxy groups -OCH3 is 1. The molecule has 0 aliphatic carbocycles. The van der Waals surface area contributed by atoms with Gasteiger partial charge in [0, 0.05) is 29.6 Å². The van der Waals surface area contributed by atoms with Gasteiger partial charge in [-0.15, -0.1) is 0 Å². The van der Waals surface area contributed by atoms with Crippen molar-refractivity contribution >= 4 is 5.84 Å². The van der Waals surface area contributed by atoms with Gasteiger partial charge in [0.2, 0.25) is 0 Å². The van der Waals surface area contributed by atoms with E-state index in [0.29, 0.717) is 23.7 Å². The highest BCUT2D eigenvalue weighted by atomic mass is 16.5. The van der Waals surface area contributed by atoms with Gasteiger partial charge < -0.3 is 20.4 Å². The quantitative estimate of drug-likeness (QED) is 0.380. The average Bonchev–Trinajstić information content (AvgIpc) is 2.51. The normalized spacial score (nSPS) is 11.2. The Morgan fingerprint density at radius 2 is 2.00 bits per heavy atom. The molecule has 0 aliphatic rings. The molecule has 0 atom stereocenters. The third-order valence-corrected chi connectivity index (χ3v) is 2.86. The predicted octanol–water partition coefficient (Wildman–Crippen LogP) is 2.07. The number of pyridine rings is 1. The molecule has 0 spiro atoms. The molecule has 1 heterocycles. The minimum atomic E-state index is -0.00373. The van der Waals surface area contributed by atoms with Gasteiger partial charge in [-0.3, -0.25) is 4.98 Å². The molecule has 0 saturated carbocycles. The molecule has 0 amide bonds. The molecule has 0 radical (unpaired) electrons. The molecular weight excluding hydrogens is 270 g/mol. The fourth-order valence-electron chi connectivity index (χ4n) is 1.84. The summed E-state index contributed by atoms with van der Waals surface area (Å²) in [7, 11) is 1.54. The highest BCUT2D eigenvalue weighted by Gasteiger charge is 2.07. The van der Waals surface area contributed by atoms with Crippen LogP contribution >= 0.6 is 0 Å². The van der Waals surface area contributed by atoms with E-state index >= 15 is 0 Å². The van der Waals surface area contributed by atoms with Crippen LogP contribution in [-0.4, -0.2) is 23.1 Å². The number of hydrogen-bond acceptors (Lipinski definition) is 5. The van der Waals surface area contributed by atoms with Gasteiger partial charge in [0.25, 0.3) is 0 Å². The zero-order valence-electron chi connectivity index (χ0n) is 11.9. The highest BCUT2D eigenvalue weighted by Crippen LogP contribution is 2.23. The fourth-order valence-corrected chi connectivity index (χ4v) is 1.84. The smallest absolute Gasteiger partial charge is 0.170 e. The molecule has 0 unspecified atom stereocenters. The number of oxime groups is 1. The Balaban J connectivity index is 2.19. The summed E-state index contributed by atoms with van der Waals surface area (Å²) in [6.07, 6.45) is 3.53. The standard InChI is InChI=1S/C15H17N3O3/c1-10-3-11(8-17-7-10)9-21-14-5-12(15(16)18-19)4-13(6-14)20-2/h3-8,19H,9H2,1-2H3,(H2,16,18). The van der Waals surface area contributed by atoms with Crippen LogP contribution in [0.4, 0.5) is 0 Å². The van der Waals surface area contributed by atoms with Crippen LogP contribution in [-0.2, 0) is 6.61 Å². The summed E-state index contributed by atoms with van der Waals surface area (Å²) in [5, 5.41) is 11.7. The summed E-state index contributed by atoms with van der Waals surface area (Å²) in [6, 6.07) is 7.08. The molecule has 2 aromatic rings. The minimum absolute atomic E-state index is 0.00373. The van der Waals surface area contributed by atoms with Crippen LogP contribution < -0.4 is 15.2 Å². The zero-order valence-corrected chi connectivity index (χ0v) is 11.9. The molecule has 1 aromatic carbocycles. The highest BCUT2D eigenvalue weighted by molar-refractivity contribution is 5.97. The molecule has 3 N–H and O–H groups in total. The van der Waals surface area contributed by atoms with Crippen molar-refractivity contribution in [3.63, 3.8) is 0 Å². The first-order chi connectivity index (χ1) is 10.1. The van der Waals surface area contributed by atoms with Crippen molar-refractivity contribution in [2.75, 3.05) is 7.11 Å². The first kappa shape index (κ1) is 14.6. The number of aryl methyl sites for hydroxylation is 1. The van der Waals surface area contributed by atoms with Gasteiger partial charge in [-0.05, 0) is 30.7 Å². The Morgan fingerprint density at radius 3 is 2.67 bits per heavy atom. The van der Waals surface area contributed by atoms with Gasteiger partial charge in [-0.1, -0.05) is 5.16 Å². The van der Waals surface area contributed by atoms with Crippen LogP contribution in [0.3, 0.4) is 0 Å². The number of rotatable bonds is 5. The lowest BCUT2D eigenvalue weighted by Gasteiger charge is -2.10. The fraction of sp³-hybridized carbons (Fsp3) is 0.200. The number of amidine groups is 1. The number of nitrogens with zero attached hydrogens (tertiary/aromatic N) is 2. The van der Waals surface area contributed by atoms with Crippen LogP contribution in [0.15, 0.2) is 41.8 Å². The summed E-state index contributed by atoms with van der Waals surface area (Å²) < 4.78 is 10.9. The van der Waals surface area contributed by atoms with Crippen molar-refractivity contribution in [2.45, 2.75) is 13.5 Å². The Kier molecular flexibility index (Phi) is 4.61. The molecule has 0 saturated heterocycles.